The molecule has 0 bridgehead atoms. The fraction of sp³-hybridized carbons (Fsp3) is 0.545. The van der Waals surface area contributed by atoms with E-state index in [-0.39, 0.29) is 17.2 Å². The molecule has 3 rings (SSSR count). The standard InChI is InChI=1S/C11H15N5O3S/c1-7-11(8(2)19-15-7)20(17,18)12-6-10-14-13-9-4-3-5-16(9)10/h12H,3-6H2,1-2H3. The van der Waals surface area contributed by atoms with Gasteiger partial charge in [-0.1, -0.05) is 5.16 Å². The molecule has 1 aliphatic heterocycles. The van der Waals surface area contributed by atoms with Crippen LogP contribution in [0.3, 0.4) is 0 Å². The minimum Gasteiger partial charge on any atom is -0.360 e. The molecule has 0 saturated heterocycles. The first-order valence-electron chi connectivity index (χ1n) is 6.32. The average Bonchev–Trinajstić information content (AvgIpc) is 3.03. The van der Waals surface area contributed by atoms with Crippen molar-refractivity contribution in [3.63, 3.8) is 0 Å². The predicted octanol–water partition coefficient (Wildman–Crippen LogP) is 0.308. The number of hydrogen-bond donors (Lipinski definition) is 1. The molecule has 0 atom stereocenters. The van der Waals surface area contributed by atoms with Crippen LogP contribution in [0, 0.1) is 13.8 Å². The van der Waals surface area contributed by atoms with Gasteiger partial charge in [-0.3, -0.25) is 0 Å². The Balaban J connectivity index is 1.81. The van der Waals surface area contributed by atoms with Gasteiger partial charge in [0.1, 0.15) is 22.2 Å². The molecule has 9 heteroatoms. The van der Waals surface area contributed by atoms with Gasteiger partial charge in [0.25, 0.3) is 0 Å². The lowest BCUT2D eigenvalue weighted by Crippen LogP contribution is -2.25. The second-order valence-corrected chi connectivity index (χ2v) is 6.47. The van der Waals surface area contributed by atoms with Crippen LogP contribution in [0.5, 0.6) is 0 Å². The smallest absolute Gasteiger partial charge is 0.246 e. The third kappa shape index (κ3) is 2.12. The summed E-state index contributed by atoms with van der Waals surface area (Å²) in [7, 11) is -3.66. The number of nitrogens with one attached hydrogen (secondary N) is 1. The SMILES string of the molecule is Cc1noc(C)c1S(=O)(=O)NCc1nnc2n1CCC2. The molecule has 2 aromatic rings. The normalized spacial score (nSPS) is 14.7. The first kappa shape index (κ1) is 13.3. The van der Waals surface area contributed by atoms with E-state index in [0.29, 0.717) is 11.5 Å². The van der Waals surface area contributed by atoms with Crippen molar-refractivity contribution in [3.8, 4) is 0 Å². The summed E-state index contributed by atoms with van der Waals surface area (Å²) in [4.78, 5) is 0.0960. The highest BCUT2D eigenvalue weighted by molar-refractivity contribution is 7.89. The molecule has 3 heterocycles. The van der Waals surface area contributed by atoms with Gasteiger partial charge < -0.3 is 9.09 Å². The van der Waals surface area contributed by atoms with Gasteiger partial charge in [0, 0.05) is 13.0 Å². The number of sulfonamides is 1. The Labute approximate surface area is 116 Å². The molecule has 0 amide bonds. The van der Waals surface area contributed by atoms with Crippen molar-refractivity contribution in [1.29, 1.82) is 0 Å². The van der Waals surface area contributed by atoms with Crippen LogP contribution < -0.4 is 4.72 Å². The lowest BCUT2D eigenvalue weighted by molar-refractivity contribution is 0.390. The van der Waals surface area contributed by atoms with E-state index in [0.717, 1.165) is 25.2 Å². The van der Waals surface area contributed by atoms with Crippen molar-refractivity contribution >= 4 is 10.0 Å². The average molecular weight is 297 g/mol. The van der Waals surface area contributed by atoms with Crippen LogP contribution in [0.1, 0.15) is 29.5 Å². The highest BCUT2D eigenvalue weighted by Crippen LogP contribution is 2.19. The third-order valence-corrected chi connectivity index (χ3v) is 4.99. The van der Waals surface area contributed by atoms with E-state index in [2.05, 4.69) is 20.1 Å². The lowest BCUT2D eigenvalue weighted by Gasteiger charge is -2.06. The maximum atomic E-state index is 12.3. The Morgan fingerprint density at radius 3 is 2.85 bits per heavy atom. The number of rotatable bonds is 4. The minimum atomic E-state index is -3.66. The van der Waals surface area contributed by atoms with E-state index in [9.17, 15) is 8.42 Å². The molecule has 20 heavy (non-hydrogen) atoms. The van der Waals surface area contributed by atoms with Crippen molar-refractivity contribution in [2.75, 3.05) is 0 Å². The summed E-state index contributed by atoms with van der Waals surface area (Å²) in [6.45, 7) is 4.12. The molecular weight excluding hydrogens is 282 g/mol. The van der Waals surface area contributed by atoms with Crippen molar-refractivity contribution in [2.45, 2.75) is 44.7 Å². The number of aromatic nitrogens is 4. The molecular formula is C11H15N5O3S. The quantitative estimate of drug-likeness (QED) is 0.871. The highest BCUT2D eigenvalue weighted by Gasteiger charge is 2.25. The summed E-state index contributed by atoms with van der Waals surface area (Å²) >= 11 is 0. The zero-order chi connectivity index (χ0) is 14.3. The maximum Gasteiger partial charge on any atom is 0.246 e. The summed E-state index contributed by atoms with van der Waals surface area (Å²) in [5.74, 6) is 1.82. The van der Waals surface area contributed by atoms with Gasteiger partial charge in [-0.05, 0) is 20.3 Å². The molecule has 0 unspecified atom stereocenters. The molecule has 1 aliphatic rings. The summed E-state index contributed by atoms with van der Waals surface area (Å²) < 4.78 is 33.9. The molecule has 0 aromatic carbocycles. The Bertz CT molecular complexity index is 727. The van der Waals surface area contributed by atoms with Crippen molar-refractivity contribution in [2.24, 2.45) is 0 Å². The second-order valence-electron chi connectivity index (χ2n) is 4.77. The van der Waals surface area contributed by atoms with Crippen LogP contribution in [-0.2, 0) is 29.5 Å². The van der Waals surface area contributed by atoms with Crippen molar-refractivity contribution < 1.29 is 12.9 Å². The first-order valence-corrected chi connectivity index (χ1v) is 7.81. The molecule has 0 spiro atoms. The van der Waals surface area contributed by atoms with Gasteiger partial charge in [-0.25, -0.2) is 13.1 Å². The van der Waals surface area contributed by atoms with Gasteiger partial charge in [0.05, 0.1) is 6.54 Å². The van der Waals surface area contributed by atoms with E-state index in [1.807, 2.05) is 4.57 Å². The van der Waals surface area contributed by atoms with Crippen LogP contribution in [0.2, 0.25) is 0 Å². The fourth-order valence-electron chi connectivity index (χ4n) is 2.43. The summed E-state index contributed by atoms with van der Waals surface area (Å²) in [6.07, 6.45) is 1.91. The van der Waals surface area contributed by atoms with E-state index < -0.39 is 10.0 Å². The Kier molecular flexibility index (Phi) is 3.09. The largest absolute Gasteiger partial charge is 0.360 e. The fourth-order valence-corrected chi connectivity index (χ4v) is 3.74. The molecule has 1 N–H and O–H groups in total. The van der Waals surface area contributed by atoms with Crippen LogP contribution in [-0.4, -0.2) is 28.3 Å². The maximum absolute atomic E-state index is 12.3. The Morgan fingerprint density at radius 1 is 1.35 bits per heavy atom. The summed E-state index contributed by atoms with van der Waals surface area (Å²) in [5, 5.41) is 11.7. The van der Waals surface area contributed by atoms with Gasteiger partial charge in [-0.15, -0.1) is 10.2 Å². The minimum absolute atomic E-state index is 0.0960. The van der Waals surface area contributed by atoms with E-state index in [4.69, 9.17) is 4.52 Å². The summed E-state index contributed by atoms with van der Waals surface area (Å²) in [5.41, 5.74) is 0.349. The molecule has 0 saturated carbocycles. The van der Waals surface area contributed by atoms with Gasteiger partial charge in [0.2, 0.25) is 10.0 Å². The van der Waals surface area contributed by atoms with Crippen molar-refractivity contribution in [1.82, 2.24) is 24.6 Å². The van der Waals surface area contributed by atoms with E-state index in [1.54, 1.807) is 13.8 Å². The van der Waals surface area contributed by atoms with Gasteiger partial charge in [0.15, 0.2) is 5.76 Å². The number of nitrogens with zero attached hydrogens (tertiary/aromatic N) is 4. The Morgan fingerprint density at radius 2 is 2.15 bits per heavy atom. The van der Waals surface area contributed by atoms with E-state index >= 15 is 0 Å². The molecule has 0 fully saturated rings. The number of hydrogen-bond acceptors (Lipinski definition) is 6. The number of aryl methyl sites for hydroxylation is 3. The first-order chi connectivity index (χ1) is 9.49. The van der Waals surface area contributed by atoms with Crippen LogP contribution in [0.15, 0.2) is 9.42 Å². The topological polar surface area (TPSA) is 103 Å². The predicted molar refractivity (Wildman–Crippen MR) is 68.3 cm³/mol. The molecule has 0 radical (unpaired) electrons. The van der Waals surface area contributed by atoms with Crippen LogP contribution >= 0.6 is 0 Å². The molecule has 2 aromatic heterocycles. The van der Waals surface area contributed by atoms with Gasteiger partial charge in [-0.2, -0.15) is 0 Å². The van der Waals surface area contributed by atoms with Crippen LogP contribution in [0.25, 0.3) is 0 Å². The van der Waals surface area contributed by atoms with Crippen molar-refractivity contribution in [3.05, 3.63) is 23.1 Å². The summed E-state index contributed by atoms with van der Waals surface area (Å²) in [6, 6.07) is 0. The van der Waals surface area contributed by atoms with Crippen LogP contribution in [0.4, 0.5) is 0 Å². The van der Waals surface area contributed by atoms with E-state index in [1.165, 1.54) is 0 Å². The Hall–Kier alpha value is -1.74. The molecule has 0 aliphatic carbocycles. The monoisotopic (exact) mass is 297 g/mol. The highest BCUT2D eigenvalue weighted by atomic mass is 32.2. The number of fused-ring (bicyclic) bond motifs is 1. The molecule has 108 valence electrons. The van der Waals surface area contributed by atoms with Gasteiger partial charge >= 0.3 is 0 Å². The molecule has 8 nitrogen and oxygen atoms in total. The lowest BCUT2D eigenvalue weighted by atomic mass is 10.4. The third-order valence-electron chi connectivity index (χ3n) is 3.34. The second kappa shape index (κ2) is 4.67. The zero-order valence-electron chi connectivity index (χ0n) is 11.3. The zero-order valence-corrected chi connectivity index (χ0v) is 12.1.